The summed E-state index contributed by atoms with van der Waals surface area (Å²) in [5.74, 6) is 1.73. The highest BCUT2D eigenvalue weighted by molar-refractivity contribution is 6.04. The Kier molecular flexibility index (Phi) is 7.75. The van der Waals surface area contributed by atoms with Gasteiger partial charge in [0.1, 0.15) is 5.75 Å². The second-order valence-corrected chi connectivity index (χ2v) is 8.26. The Labute approximate surface area is 210 Å². The first kappa shape index (κ1) is 24.7. The Bertz CT molecular complexity index is 1360. The zero-order chi connectivity index (χ0) is 25.5. The van der Waals surface area contributed by atoms with Gasteiger partial charge in [-0.25, -0.2) is 4.98 Å². The number of carbonyl (C=O) groups is 1. The number of anilines is 1. The number of methoxy groups -OCH3 is 3. The molecule has 0 saturated carbocycles. The number of pyridine rings is 1. The van der Waals surface area contributed by atoms with Crippen molar-refractivity contribution in [2.24, 2.45) is 0 Å². The molecule has 4 rings (SSSR count). The Morgan fingerprint density at radius 2 is 1.69 bits per heavy atom. The molecule has 184 valence electrons. The van der Waals surface area contributed by atoms with Gasteiger partial charge < -0.3 is 19.5 Å². The van der Waals surface area contributed by atoms with Crippen LogP contribution in [0, 0.1) is 0 Å². The molecule has 1 atom stereocenters. The van der Waals surface area contributed by atoms with Crippen molar-refractivity contribution in [1.29, 1.82) is 0 Å². The molecular weight excluding hydrogens is 456 g/mol. The van der Waals surface area contributed by atoms with Crippen LogP contribution in [-0.4, -0.2) is 42.2 Å². The van der Waals surface area contributed by atoms with Crippen LogP contribution in [0.15, 0.2) is 73.3 Å². The average molecular weight is 485 g/mol. The molecule has 0 spiro atoms. The van der Waals surface area contributed by atoms with Crippen molar-refractivity contribution >= 4 is 11.6 Å². The van der Waals surface area contributed by atoms with Crippen LogP contribution in [0.3, 0.4) is 0 Å². The standard InChI is InChI=1S/C28H28N4O4/c1-18(10-23-15-30-17-25(31-23)20-8-9-26(35-3)27(13-20)36-4)19-6-5-7-22(11-19)32-28(33)21-12-24(34-2)16-29-14-21/h5-9,11-18H,10H2,1-4H3,(H,32,33)/t18-/m1/s1. The van der Waals surface area contributed by atoms with E-state index in [0.717, 1.165) is 22.5 Å². The number of hydrogen-bond donors (Lipinski definition) is 1. The summed E-state index contributed by atoms with van der Waals surface area (Å²) in [4.78, 5) is 25.9. The van der Waals surface area contributed by atoms with Gasteiger partial charge in [-0.15, -0.1) is 0 Å². The fraction of sp³-hybridized carbons (Fsp3) is 0.214. The van der Waals surface area contributed by atoms with E-state index < -0.39 is 0 Å². The third kappa shape index (κ3) is 5.78. The van der Waals surface area contributed by atoms with Gasteiger partial charge in [0.15, 0.2) is 11.5 Å². The molecule has 0 bridgehead atoms. The molecular formula is C28H28N4O4. The van der Waals surface area contributed by atoms with E-state index in [1.165, 1.54) is 13.3 Å². The third-order valence-electron chi connectivity index (χ3n) is 5.80. The highest BCUT2D eigenvalue weighted by atomic mass is 16.5. The summed E-state index contributed by atoms with van der Waals surface area (Å²) in [5, 5.41) is 2.93. The van der Waals surface area contributed by atoms with Gasteiger partial charge in [0, 0.05) is 23.6 Å². The van der Waals surface area contributed by atoms with Gasteiger partial charge in [0.25, 0.3) is 5.91 Å². The molecule has 0 saturated heterocycles. The fourth-order valence-electron chi connectivity index (χ4n) is 3.85. The average Bonchev–Trinajstić information content (AvgIpc) is 2.93. The lowest BCUT2D eigenvalue weighted by Crippen LogP contribution is -2.12. The second kappa shape index (κ2) is 11.3. The van der Waals surface area contributed by atoms with E-state index in [9.17, 15) is 4.79 Å². The van der Waals surface area contributed by atoms with Crippen molar-refractivity contribution in [3.05, 3.63) is 90.1 Å². The van der Waals surface area contributed by atoms with Crippen LogP contribution in [0.2, 0.25) is 0 Å². The maximum absolute atomic E-state index is 12.7. The van der Waals surface area contributed by atoms with Crippen LogP contribution in [-0.2, 0) is 6.42 Å². The summed E-state index contributed by atoms with van der Waals surface area (Å²) in [6.45, 7) is 2.12. The van der Waals surface area contributed by atoms with Gasteiger partial charge in [-0.1, -0.05) is 19.1 Å². The van der Waals surface area contributed by atoms with E-state index >= 15 is 0 Å². The molecule has 0 unspecified atom stereocenters. The molecule has 2 aromatic heterocycles. The van der Waals surface area contributed by atoms with Crippen molar-refractivity contribution in [1.82, 2.24) is 15.0 Å². The molecule has 4 aromatic rings. The number of carbonyl (C=O) groups excluding carboxylic acids is 1. The van der Waals surface area contributed by atoms with Crippen LogP contribution in [0.5, 0.6) is 17.2 Å². The van der Waals surface area contributed by atoms with Crippen molar-refractivity contribution in [3.63, 3.8) is 0 Å². The second-order valence-electron chi connectivity index (χ2n) is 8.26. The lowest BCUT2D eigenvalue weighted by Gasteiger charge is -2.14. The van der Waals surface area contributed by atoms with Gasteiger partial charge in [-0.3, -0.25) is 14.8 Å². The number of hydrogen-bond acceptors (Lipinski definition) is 7. The Hall–Kier alpha value is -4.46. The lowest BCUT2D eigenvalue weighted by atomic mass is 9.96. The topological polar surface area (TPSA) is 95.5 Å². The first-order valence-corrected chi connectivity index (χ1v) is 11.4. The van der Waals surface area contributed by atoms with E-state index in [1.54, 1.807) is 38.9 Å². The van der Waals surface area contributed by atoms with Gasteiger partial charge in [0.2, 0.25) is 0 Å². The molecule has 8 heteroatoms. The minimum absolute atomic E-state index is 0.148. The number of amides is 1. The van der Waals surface area contributed by atoms with Gasteiger partial charge >= 0.3 is 0 Å². The number of aromatic nitrogens is 3. The Morgan fingerprint density at radius 3 is 2.47 bits per heavy atom. The molecule has 0 radical (unpaired) electrons. The zero-order valence-electron chi connectivity index (χ0n) is 20.7. The van der Waals surface area contributed by atoms with Crippen LogP contribution < -0.4 is 19.5 Å². The first-order chi connectivity index (χ1) is 17.5. The van der Waals surface area contributed by atoms with Crippen LogP contribution in [0.1, 0.15) is 34.5 Å². The summed E-state index contributed by atoms with van der Waals surface area (Å²) >= 11 is 0. The minimum atomic E-state index is -0.250. The quantitative estimate of drug-likeness (QED) is 0.350. The van der Waals surface area contributed by atoms with E-state index in [1.807, 2.05) is 42.5 Å². The third-order valence-corrected chi connectivity index (χ3v) is 5.80. The van der Waals surface area contributed by atoms with Crippen molar-refractivity contribution < 1.29 is 19.0 Å². The van der Waals surface area contributed by atoms with E-state index in [4.69, 9.17) is 19.2 Å². The highest BCUT2D eigenvalue weighted by Crippen LogP contribution is 2.32. The molecule has 1 N–H and O–H groups in total. The molecule has 0 aliphatic carbocycles. The van der Waals surface area contributed by atoms with Crippen LogP contribution in [0.4, 0.5) is 5.69 Å². The molecule has 0 aliphatic rings. The summed E-state index contributed by atoms with van der Waals surface area (Å²) < 4.78 is 15.9. The summed E-state index contributed by atoms with van der Waals surface area (Å²) in [5.41, 5.74) is 4.73. The lowest BCUT2D eigenvalue weighted by molar-refractivity contribution is 0.102. The molecule has 2 aromatic carbocycles. The highest BCUT2D eigenvalue weighted by Gasteiger charge is 2.13. The van der Waals surface area contributed by atoms with Crippen molar-refractivity contribution in [3.8, 4) is 28.5 Å². The maximum atomic E-state index is 12.7. The van der Waals surface area contributed by atoms with Crippen molar-refractivity contribution in [2.75, 3.05) is 26.6 Å². The van der Waals surface area contributed by atoms with Crippen LogP contribution in [0.25, 0.3) is 11.3 Å². The minimum Gasteiger partial charge on any atom is -0.495 e. The summed E-state index contributed by atoms with van der Waals surface area (Å²) in [6.07, 6.45) is 7.27. The van der Waals surface area contributed by atoms with Gasteiger partial charge in [-0.05, 0) is 54.3 Å². The van der Waals surface area contributed by atoms with Crippen LogP contribution >= 0.6 is 0 Å². The van der Waals surface area contributed by atoms with Crippen molar-refractivity contribution in [2.45, 2.75) is 19.3 Å². The first-order valence-electron chi connectivity index (χ1n) is 11.4. The number of nitrogens with one attached hydrogen (secondary N) is 1. The van der Waals surface area contributed by atoms with E-state index in [-0.39, 0.29) is 11.8 Å². The molecule has 2 heterocycles. The summed E-state index contributed by atoms with van der Waals surface area (Å²) in [6, 6.07) is 15.1. The number of rotatable bonds is 9. The Balaban J connectivity index is 1.48. The Morgan fingerprint density at radius 1 is 0.889 bits per heavy atom. The number of ether oxygens (including phenoxy) is 3. The normalized spacial score (nSPS) is 11.4. The molecule has 0 fully saturated rings. The largest absolute Gasteiger partial charge is 0.495 e. The molecule has 1 amide bonds. The predicted molar refractivity (Wildman–Crippen MR) is 138 cm³/mol. The molecule has 0 aliphatic heterocycles. The van der Waals surface area contributed by atoms with Gasteiger partial charge in [0.05, 0.1) is 50.7 Å². The monoisotopic (exact) mass is 484 g/mol. The SMILES string of the molecule is COc1cncc(C(=O)Nc2cccc([C@H](C)Cc3cncc(-c4ccc(OC)c(OC)c4)n3)c2)c1. The van der Waals surface area contributed by atoms with Gasteiger partial charge in [-0.2, -0.15) is 0 Å². The fourth-order valence-corrected chi connectivity index (χ4v) is 3.85. The molecule has 8 nitrogen and oxygen atoms in total. The number of nitrogens with zero attached hydrogens (tertiary/aromatic N) is 3. The maximum Gasteiger partial charge on any atom is 0.257 e. The van der Waals surface area contributed by atoms with E-state index in [0.29, 0.717) is 34.9 Å². The molecule has 36 heavy (non-hydrogen) atoms. The predicted octanol–water partition coefficient (Wildman–Crippen LogP) is 5.16. The van der Waals surface area contributed by atoms with E-state index in [2.05, 4.69) is 22.2 Å². The zero-order valence-corrected chi connectivity index (χ0v) is 20.7. The number of benzene rings is 2. The smallest absolute Gasteiger partial charge is 0.257 e. The summed E-state index contributed by atoms with van der Waals surface area (Å²) in [7, 11) is 4.75.